The Morgan fingerprint density at radius 1 is 0.867 bits per heavy atom. The standard InChI is InChI=1S/C22H26N6OS/c29-20(26-15-13-25(14-16-26)19-8-2-1-3-9-19)18-7-6-12-28(17-18)22-24-23-21(30-22)27-10-4-5-11-27/h1-5,8-11,18H,6-7,12-17H2/t18-/m0/s1. The molecule has 5 rings (SSSR count). The van der Waals surface area contributed by atoms with Crippen molar-refractivity contribution < 1.29 is 4.79 Å². The summed E-state index contributed by atoms with van der Waals surface area (Å²) < 4.78 is 1.97. The first-order valence-corrected chi connectivity index (χ1v) is 11.4. The third kappa shape index (κ3) is 3.92. The van der Waals surface area contributed by atoms with Crippen LogP contribution in [0.4, 0.5) is 10.8 Å². The van der Waals surface area contributed by atoms with Crippen molar-refractivity contribution in [1.82, 2.24) is 19.7 Å². The highest BCUT2D eigenvalue weighted by Gasteiger charge is 2.32. The van der Waals surface area contributed by atoms with Crippen LogP contribution >= 0.6 is 11.3 Å². The minimum Gasteiger partial charge on any atom is -0.368 e. The van der Waals surface area contributed by atoms with Gasteiger partial charge in [-0.15, -0.1) is 10.2 Å². The molecular weight excluding hydrogens is 396 g/mol. The molecule has 2 saturated heterocycles. The van der Waals surface area contributed by atoms with Crippen LogP contribution in [-0.4, -0.2) is 64.8 Å². The number of benzene rings is 1. The predicted molar refractivity (Wildman–Crippen MR) is 119 cm³/mol. The highest BCUT2D eigenvalue weighted by molar-refractivity contribution is 7.17. The van der Waals surface area contributed by atoms with E-state index in [0.29, 0.717) is 5.91 Å². The first-order valence-electron chi connectivity index (χ1n) is 10.6. The van der Waals surface area contributed by atoms with E-state index in [9.17, 15) is 4.79 Å². The number of rotatable bonds is 4. The van der Waals surface area contributed by atoms with Crippen LogP contribution in [0.5, 0.6) is 0 Å². The lowest BCUT2D eigenvalue weighted by Crippen LogP contribution is -2.52. The van der Waals surface area contributed by atoms with E-state index in [4.69, 9.17) is 0 Å². The molecule has 1 aromatic carbocycles. The molecule has 2 aliphatic rings. The van der Waals surface area contributed by atoms with Crippen LogP contribution in [0.1, 0.15) is 12.8 Å². The summed E-state index contributed by atoms with van der Waals surface area (Å²) in [5.74, 6) is 0.337. The highest BCUT2D eigenvalue weighted by atomic mass is 32.1. The van der Waals surface area contributed by atoms with Crippen LogP contribution in [0.15, 0.2) is 54.9 Å². The van der Waals surface area contributed by atoms with Crippen molar-refractivity contribution in [3.8, 4) is 5.13 Å². The van der Waals surface area contributed by atoms with E-state index < -0.39 is 0 Å². The molecule has 0 N–H and O–H groups in total. The quantitative estimate of drug-likeness (QED) is 0.647. The normalized spacial score (nSPS) is 19.9. The fraction of sp³-hybridized carbons (Fsp3) is 0.409. The number of anilines is 2. The third-order valence-electron chi connectivity index (χ3n) is 5.98. The first kappa shape index (κ1) is 19.1. The lowest BCUT2D eigenvalue weighted by Gasteiger charge is -2.39. The van der Waals surface area contributed by atoms with Gasteiger partial charge in [0.25, 0.3) is 0 Å². The van der Waals surface area contributed by atoms with Crippen LogP contribution in [0.2, 0.25) is 0 Å². The van der Waals surface area contributed by atoms with E-state index in [-0.39, 0.29) is 5.92 Å². The third-order valence-corrected chi connectivity index (χ3v) is 6.98. The predicted octanol–water partition coefficient (Wildman–Crippen LogP) is 2.89. The molecule has 0 spiro atoms. The summed E-state index contributed by atoms with van der Waals surface area (Å²) in [5, 5.41) is 10.5. The van der Waals surface area contributed by atoms with Gasteiger partial charge < -0.3 is 14.7 Å². The molecule has 2 aliphatic heterocycles. The maximum atomic E-state index is 13.2. The Morgan fingerprint density at radius 2 is 1.60 bits per heavy atom. The minimum absolute atomic E-state index is 0.0425. The molecule has 1 amide bonds. The summed E-state index contributed by atoms with van der Waals surface area (Å²) in [6.45, 7) is 5.04. The van der Waals surface area contributed by atoms with Crippen molar-refractivity contribution in [3.63, 3.8) is 0 Å². The maximum Gasteiger partial charge on any atom is 0.227 e. The first-order chi connectivity index (χ1) is 14.8. The highest BCUT2D eigenvalue weighted by Crippen LogP contribution is 2.29. The molecule has 0 aliphatic carbocycles. The van der Waals surface area contributed by atoms with Crippen molar-refractivity contribution in [2.75, 3.05) is 49.1 Å². The van der Waals surface area contributed by atoms with Crippen molar-refractivity contribution in [2.24, 2.45) is 5.92 Å². The van der Waals surface area contributed by atoms with E-state index in [0.717, 1.165) is 62.4 Å². The zero-order valence-corrected chi connectivity index (χ0v) is 17.7. The van der Waals surface area contributed by atoms with Crippen molar-refractivity contribution >= 4 is 28.1 Å². The molecule has 0 saturated carbocycles. The SMILES string of the molecule is O=C([C@H]1CCCN(c2nnc(-n3cccc3)s2)C1)N1CCN(c2ccccc2)CC1. The second-order valence-electron chi connectivity index (χ2n) is 7.89. The van der Waals surface area contributed by atoms with Gasteiger partial charge in [0.05, 0.1) is 5.92 Å². The number of piperazine rings is 1. The molecule has 2 aromatic heterocycles. The summed E-state index contributed by atoms with van der Waals surface area (Å²) >= 11 is 1.58. The van der Waals surface area contributed by atoms with E-state index in [2.05, 4.69) is 49.2 Å². The Labute approximate surface area is 180 Å². The summed E-state index contributed by atoms with van der Waals surface area (Å²) in [6, 6.07) is 14.4. The maximum absolute atomic E-state index is 13.2. The molecule has 156 valence electrons. The number of nitrogens with zero attached hydrogens (tertiary/aromatic N) is 6. The summed E-state index contributed by atoms with van der Waals surface area (Å²) in [7, 11) is 0. The second-order valence-corrected chi connectivity index (χ2v) is 8.82. The second kappa shape index (κ2) is 8.47. The largest absolute Gasteiger partial charge is 0.368 e. The topological polar surface area (TPSA) is 57.5 Å². The van der Waals surface area contributed by atoms with Gasteiger partial charge >= 0.3 is 0 Å². The van der Waals surface area contributed by atoms with E-state index in [1.165, 1.54) is 5.69 Å². The summed E-state index contributed by atoms with van der Waals surface area (Å²) in [4.78, 5) is 19.9. The number of amides is 1. The van der Waals surface area contributed by atoms with E-state index >= 15 is 0 Å². The van der Waals surface area contributed by atoms with Gasteiger partial charge in [0.1, 0.15) is 0 Å². The molecular formula is C22H26N6OS. The number of hydrogen-bond acceptors (Lipinski definition) is 6. The molecule has 0 bridgehead atoms. The van der Waals surface area contributed by atoms with Crippen LogP contribution in [0, 0.1) is 5.92 Å². The van der Waals surface area contributed by atoms with Gasteiger partial charge in [0, 0.05) is 57.3 Å². The average Bonchev–Trinajstić information content (AvgIpc) is 3.52. The monoisotopic (exact) mass is 422 g/mol. The van der Waals surface area contributed by atoms with E-state index in [1.807, 2.05) is 35.2 Å². The van der Waals surface area contributed by atoms with Crippen molar-refractivity contribution in [2.45, 2.75) is 12.8 Å². The average molecular weight is 423 g/mol. The number of carbonyl (C=O) groups excluding carboxylic acids is 1. The molecule has 7 nitrogen and oxygen atoms in total. The number of aromatic nitrogens is 3. The van der Waals surface area contributed by atoms with Gasteiger partial charge in [-0.1, -0.05) is 29.5 Å². The van der Waals surface area contributed by atoms with Gasteiger partial charge in [-0.3, -0.25) is 9.36 Å². The van der Waals surface area contributed by atoms with Crippen molar-refractivity contribution in [1.29, 1.82) is 0 Å². The van der Waals surface area contributed by atoms with Gasteiger partial charge in [-0.25, -0.2) is 0 Å². The Morgan fingerprint density at radius 3 is 2.37 bits per heavy atom. The Balaban J connectivity index is 1.20. The fourth-order valence-corrected chi connectivity index (χ4v) is 5.19. The van der Waals surface area contributed by atoms with Gasteiger partial charge in [-0.2, -0.15) is 0 Å². The molecule has 1 atom stereocenters. The van der Waals surface area contributed by atoms with E-state index in [1.54, 1.807) is 11.3 Å². The minimum atomic E-state index is 0.0425. The number of para-hydroxylation sites is 1. The lowest BCUT2D eigenvalue weighted by atomic mass is 9.96. The zero-order chi connectivity index (χ0) is 20.3. The molecule has 2 fully saturated rings. The molecule has 4 heterocycles. The lowest BCUT2D eigenvalue weighted by molar-refractivity contribution is -0.136. The number of hydrogen-bond donors (Lipinski definition) is 0. The Kier molecular flexibility index (Phi) is 5.40. The zero-order valence-electron chi connectivity index (χ0n) is 16.9. The summed E-state index contributed by atoms with van der Waals surface area (Å²) in [5.41, 5.74) is 1.24. The Hall–Kier alpha value is -2.87. The van der Waals surface area contributed by atoms with Crippen LogP contribution < -0.4 is 9.80 Å². The molecule has 0 unspecified atom stereocenters. The van der Waals surface area contributed by atoms with Crippen molar-refractivity contribution in [3.05, 3.63) is 54.9 Å². The number of carbonyl (C=O) groups is 1. The Bertz CT molecular complexity index is 965. The summed E-state index contributed by atoms with van der Waals surface area (Å²) in [6.07, 6.45) is 5.92. The van der Waals surface area contributed by atoms with Crippen LogP contribution in [0.25, 0.3) is 5.13 Å². The van der Waals surface area contributed by atoms with Crippen LogP contribution in [0.3, 0.4) is 0 Å². The molecule has 0 radical (unpaired) electrons. The van der Waals surface area contributed by atoms with Crippen LogP contribution in [-0.2, 0) is 4.79 Å². The van der Waals surface area contributed by atoms with Gasteiger partial charge in [0.2, 0.25) is 16.2 Å². The van der Waals surface area contributed by atoms with Gasteiger partial charge in [-0.05, 0) is 37.1 Å². The smallest absolute Gasteiger partial charge is 0.227 e. The number of piperidine rings is 1. The molecule has 3 aromatic rings. The van der Waals surface area contributed by atoms with Gasteiger partial charge in [0.15, 0.2) is 0 Å². The molecule has 8 heteroatoms. The fourth-order valence-electron chi connectivity index (χ4n) is 4.34. The molecule has 30 heavy (non-hydrogen) atoms.